The number of anilines is 1. The van der Waals surface area contributed by atoms with Crippen LogP contribution >= 0.6 is 23.4 Å². The predicted octanol–water partition coefficient (Wildman–Crippen LogP) is 5.94. The number of aromatic nitrogens is 3. The number of hydrogen-bond acceptors (Lipinski definition) is 5. The molecule has 0 saturated heterocycles. The van der Waals surface area contributed by atoms with Gasteiger partial charge < -0.3 is 10.1 Å². The van der Waals surface area contributed by atoms with Gasteiger partial charge in [-0.3, -0.25) is 9.36 Å². The lowest BCUT2D eigenvalue weighted by Crippen LogP contribution is -2.15. The first-order valence-corrected chi connectivity index (χ1v) is 11.7. The molecule has 1 aromatic heterocycles. The van der Waals surface area contributed by atoms with Gasteiger partial charge in [0.25, 0.3) is 0 Å². The highest BCUT2D eigenvalue weighted by atomic mass is 35.5. The molecule has 8 heteroatoms. The number of carbonyl (C=O) groups excluding carboxylic acids is 1. The van der Waals surface area contributed by atoms with Gasteiger partial charge in [0.2, 0.25) is 5.91 Å². The summed E-state index contributed by atoms with van der Waals surface area (Å²) >= 11 is 7.39. The number of thioether (sulfide) groups is 1. The summed E-state index contributed by atoms with van der Waals surface area (Å²) in [5.74, 6) is 1.49. The molecular formula is C25H23ClN4O2S. The van der Waals surface area contributed by atoms with E-state index in [2.05, 4.69) is 15.5 Å². The second-order valence-electron chi connectivity index (χ2n) is 7.50. The van der Waals surface area contributed by atoms with Crippen LogP contribution in [0, 0.1) is 13.8 Å². The second-order valence-corrected chi connectivity index (χ2v) is 8.88. The maximum Gasteiger partial charge on any atom is 0.234 e. The first kappa shape index (κ1) is 22.9. The number of nitrogens with zero attached hydrogens (tertiary/aromatic N) is 3. The standard InChI is InChI=1S/C25H23ClN4O2S/c1-16-4-10-20(11-5-16)30-24(18-7-12-21(32-3)13-8-18)28-29-25(30)33-15-23(31)27-22-14-19(26)9-6-17(22)2/h4-14H,15H2,1-3H3,(H,27,31). The summed E-state index contributed by atoms with van der Waals surface area (Å²) in [4.78, 5) is 12.6. The van der Waals surface area contributed by atoms with Crippen molar-refractivity contribution in [1.82, 2.24) is 14.8 Å². The summed E-state index contributed by atoms with van der Waals surface area (Å²) in [6.45, 7) is 3.96. The lowest BCUT2D eigenvalue weighted by Gasteiger charge is -2.12. The highest BCUT2D eigenvalue weighted by Gasteiger charge is 2.18. The van der Waals surface area contributed by atoms with Crippen molar-refractivity contribution < 1.29 is 9.53 Å². The maximum absolute atomic E-state index is 12.6. The number of benzene rings is 3. The molecule has 0 fully saturated rings. The van der Waals surface area contributed by atoms with Crippen molar-refractivity contribution in [3.8, 4) is 22.8 Å². The lowest BCUT2D eigenvalue weighted by molar-refractivity contribution is -0.113. The largest absolute Gasteiger partial charge is 0.497 e. The Morgan fingerprint density at radius 2 is 1.76 bits per heavy atom. The lowest BCUT2D eigenvalue weighted by atomic mass is 10.2. The van der Waals surface area contributed by atoms with Crippen LogP contribution in [0.3, 0.4) is 0 Å². The van der Waals surface area contributed by atoms with Crippen LogP contribution in [0.15, 0.2) is 71.9 Å². The third kappa shape index (κ3) is 5.38. The van der Waals surface area contributed by atoms with Crippen LogP contribution in [0.1, 0.15) is 11.1 Å². The molecule has 0 aliphatic heterocycles. The predicted molar refractivity (Wildman–Crippen MR) is 134 cm³/mol. The monoisotopic (exact) mass is 478 g/mol. The molecule has 0 aliphatic rings. The third-order valence-electron chi connectivity index (χ3n) is 5.08. The van der Waals surface area contributed by atoms with Gasteiger partial charge in [0.15, 0.2) is 11.0 Å². The number of amides is 1. The van der Waals surface area contributed by atoms with Gasteiger partial charge in [0, 0.05) is 22.0 Å². The van der Waals surface area contributed by atoms with E-state index in [1.807, 2.05) is 73.0 Å². The molecule has 4 aromatic rings. The number of rotatable bonds is 7. The van der Waals surface area contributed by atoms with E-state index < -0.39 is 0 Å². The summed E-state index contributed by atoms with van der Waals surface area (Å²) in [5, 5.41) is 12.9. The minimum atomic E-state index is -0.144. The Balaban J connectivity index is 1.60. The number of ether oxygens (including phenoxy) is 1. The Labute approximate surface area is 202 Å². The zero-order valence-corrected chi connectivity index (χ0v) is 20.1. The average molecular weight is 479 g/mol. The third-order valence-corrected chi connectivity index (χ3v) is 6.24. The highest BCUT2D eigenvalue weighted by Crippen LogP contribution is 2.29. The number of hydrogen-bond donors (Lipinski definition) is 1. The molecule has 0 atom stereocenters. The second kappa shape index (κ2) is 10.1. The number of nitrogens with one attached hydrogen (secondary N) is 1. The first-order chi connectivity index (χ1) is 15.9. The Morgan fingerprint density at radius 1 is 1.03 bits per heavy atom. The number of carbonyl (C=O) groups is 1. The Bertz CT molecular complexity index is 1270. The minimum Gasteiger partial charge on any atom is -0.497 e. The highest BCUT2D eigenvalue weighted by molar-refractivity contribution is 7.99. The van der Waals surface area contributed by atoms with Crippen molar-refractivity contribution in [1.29, 1.82) is 0 Å². The van der Waals surface area contributed by atoms with Gasteiger partial charge in [-0.15, -0.1) is 10.2 Å². The molecule has 4 rings (SSSR count). The van der Waals surface area contributed by atoms with E-state index >= 15 is 0 Å². The first-order valence-electron chi connectivity index (χ1n) is 10.3. The topological polar surface area (TPSA) is 69.0 Å². The molecule has 0 unspecified atom stereocenters. The van der Waals surface area contributed by atoms with Crippen LogP contribution in [0.5, 0.6) is 5.75 Å². The molecule has 0 bridgehead atoms. The van der Waals surface area contributed by atoms with Crippen molar-refractivity contribution in [3.05, 3.63) is 82.9 Å². The van der Waals surface area contributed by atoms with Crippen LogP contribution in [0.4, 0.5) is 5.69 Å². The number of aryl methyl sites for hydroxylation is 2. The molecular weight excluding hydrogens is 456 g/mol. The molecule has 33 heavy (non-hydrogen) atoms. The molecule has 0 spiro atoms. The molecule has 6 nitrogen and oxygen atoms in total. The zero-order chi connectivity index (χ0) is 23.4. The van der Waals surface area contributed by atoms with Gasteiger partial charge >= 0.3 is 0 Å². The van der Waals surface area contributed by atoms with Crippen LogP contribution in [0.2, 0.25) is 5.02 Å². The van der Waals surface area contributed by atoms with Gasteiger partial charge in [-0.25, -0.2) is 0 Å². The Kier molecular flexibility index (Phi) is 7.01. The van der Waals surface area contributed by atoms with Crippen LogP contribution in [-0.2, 0) is 4.79 Å². The quantitative estimate of drug-likeness (QED) is 0.333. The van der Waals surface area contributed by atoms with Crippen LogP contribution < -0.4 is 10.1 Å². The fourth-order valence-corrected chi connectivity index (χ4v) is 4.19. The molecule has 168 valence electrons. The Morgan fingerprint density at radius 3 is 2.45 bits per heavy atom. The van der Waals surface area contributed by atoms with Gasteiger partial charge in [-0.05, 0) is 67.9 Å². The average Bonchev–Trinajstić information content (AvgIpc) is 3.24. The minimum absolute atomic E-state index is 0.144. The van der Waals surface area contributed by atoms with E-state index in [4.69, 9.17) is 16.3 Å². The summed E-state index contributed by atoms with van der Waals surface area (Å²) in [5.41, 5.74) is 4.62. The van der Waals surface area contributed by atoms with E-state index in [1.54, 1.807) is 19.2 Å². The normalized spacial score (nSPS) is 10.8. The molecule has 1 heterocycles. The number of halogens is 1. The van der Waals surface area contributed by atoms with E-state index in [0.29, 0.717) is 21.7 Å². The van der Waals surface area contributed by atoms with E-state index in [-0.39, 0.29) is 11.7 Å². The van der Waals surface area contributed by atoms with Crippen molar-refractivity contribution in [2.45, 2.75) is 19.0 Å². The molecule has 0 radical (unpaired) electrons. The van der Waals surface area contributed by atoms with Crippen LogP contribution in [0.25, 0.3) is 17.1 Å². The summed E-state index contributed by atoms with van der Waals surface area (Å²) < 4.78 is 7.23. The van der Waals surface area contributed by atoms with Gasteiger partial charge in [-0.2, -0.15) is 0 Å². The molecule has 1 amide bonds. The zero-order valence-electron chi connectivity index (χ0n) is 18.5. The van der Waals surface area contributed by atoms with Gasteiger partial charge in [0.1, 0.15) is 5.75 Å². The molecule has 1 N–H and O–H groups in total. The van der Waals surface area contributed by atoms with Gasteiger partial charge in [-0.1, -0.05) is 47.1 Å². The molecule has 3 aromatic carbocycles. The van der Waals surface area contributed by atoms with Crippen LogP contribution in [-0.4, -0.2) is 33.5 Å². The maximum atomic E-state index is 12.6. The van der Waals surface area contributed by atoms with E-state index in [1.165, 1.54) is 11.8 Å². The summed E-state index contributed by atoms with van der Waals surface area (Å²) in [6.07, 6.45) is 0. The smallest absolute Gasteiger partial charge is 0.234 e. The number of methoxy groups -OCH3 is 1. The molecule has 0 aliphatic carbocycles. The van der Waals surface area contributed by atoms with E-state index in [0.717, 1.165) is 28.1 Å². The fourth-order valence-electron chi connectivity index (χ4n) is 3.26. The van der Waals surface area contributed by atoms with Crippen molar-refractivity contribution in [3.63, 3.8) is 0 Å². The van der Waals surface area contributed by atoms with Crippen molar-refractivity contribution in [2.24, 2.45) is 0 Å². The summed E-state index contributed by atoms with van der Waals surface area (Å²) in [6, 6.07) is 21.2. The SMILES string of the molecule is COc1ccc(-c2nnc(SCC(=O)Nc3cc(Cl)ccc3C)n2-c2ccc(C)cc2)cc1. The Hall–Kier alpha value is -3.29. The summed E-state index contributed by atoms with van der Waals surface area (Å²) in [7, 11) is 1.63. The van der Waals surface area contributed by atoms with Crippen molar-refractivity contribution >= 4 is 35.0 Å². The van der Waals surface area contributed by atoms with Gasteiger partial charge in [0.05, 0.1) is 12.9 Å². The fraction of sp³-hybridized carbons (Fsp3) is 0.160. The van der Waals surface area contributed by atoms with E-state index in [9.17, 15) is 4.79 Å². The van der Waals surface area contributed by atoms with Crippen molar-refractivity contribution in [2.75, 3.05) is 18.2 Å². The molecule has 0 saturated carbocycles.